The zero-order valence-corrected chi connectivity index (χ0v) is 13.6. The van der Waals surface area contributed by atoms with Crippen LogP contribution in [0.3, 0.4) is 0 Å². The van der Waals surface area contributed by atoms with Crippen molar-refractivity contribution in [1.29, 1.82) is 0 Å². The average molecular weight is 350 g/mol. The molecule has 0 atom stereocenters. The minimum absolute atomic E-state index is 0.0155. The van der Waals surface area contributed by atoms with E-state index in [9.17, 15) is 13.2 Å². The van der Waals surface area contributed by atoms with Crippen LogP contribution >= 0.6 is 11.6 Å². The van der Waals surface area contributed by atoms with Gasteiger partial charge in [0.15, 0.2) is 0 Å². The molecule has 0 heterocycles. The van der Waals surface area contributed by atoms with Crippen molar-refractivity contribution in [2.45, 2.75) is 4.90 Å². The molecule has 118 valence electrons. The predicted octanol–water partition coefficient (Wildman–Crippen LogP) is 2.91. The monoisotopic (exact) mass is 349 g/mol. The summed E-state index contributed by atoms with van der Waals surface area (Å²) < 4.78 is 31.9. The average Bonchev–Trinajstić information content (AvgIpc) is 2.54. The van der Waals surface area contributed by atoms with Gasteiger partial charge in [-0.3, -0.25) is 4.72 Å². The number of benzene rings is 2. The number of sulfonamides is 1. The first-order valence-electron chi connectivity index (χ1n) is 6.35. The number of hydrogen-bond acceptors (Lipinski definition) is 4. The number of rotatable bonds is 4. The van der Waals surface area contributed by atoms with Crippen LogP contribution < -0.4 is 4.72 Å². The molecule has 0 unspecified atom stereocenters. The van der Waals surface area contributed by atoms with Gasteiger partial charge in [0.1, 0.15) is 4.90 Å². The molecular weight excluding hydrogens is 338 g/mol. The highest BCUT2D eigenvalue weighted by molar-refractivity contribution is 7.92. The van der Waals surface area contributed by atoms with E-state index in [1.807, 2.05) is 0 Å². The van der Waals surface area contributed by atoms with E-state index in [1.54, 1.807) is 18.2 Å². The van der Waals surface area contributed by atoms with Crippen molar-refractivity contribution in [1.82, 2.24) is 0 Å². The third-order valence-electron chi connectivity index (χ3n) is 2.92. The van der Waals surface area contributed by atoms with E-state index in [1.165, 1.54) is 25.3 Å². The molecule has 2 rings (SSSR count). The number of nitrogens with one attached hydrogen (secondary N) is 1. The molecule has 0 radical (unpaired) electrons. The van der Waals surface area contributed by atoms with Crippen LogP contribution in [0.25, 0.3) is 0 Å². The number of ether oxygens (including phenoxy) is 1. The Hall–Kier alpha value is -2.49. The number of anilines is 1. The highest BCUT2D eigenvalue weighted by Crippen LogP contribution is 2.25. The van der Waals surface area contributed by atoms with Crippen LogP contribution in [0.1, 0.15) is 15.9 Å². The molecule has 0 amide bonds. The summed E-state index contributed by atoms with van der Waals surface area (Å²) in [7, 11) is -2.79. The number of halogens is 1. The molecule has 1 N–H and O–H groups in total. The van der Waals surface area contributed by atoms with E-state index < -0.39 is 16.0 Å². The normalized spacial score (nSPS) is 10.7. The van der Waals surface area contributed by atoms with Crippen molar-refractivity contribution < 1.29 is 17.9 Å². The SMILES string of the molecule is C#Cc1cccc(NS(=O)(=O)c2cc(C(=O)OC)ccc2Cl)c1. The fourth-order valence-corrected chi connectivity index (χ4v) is 3.41. The molecule has 7 heteroatoms. The van der Waals surface area contributed by atoms with Crippen molar-refractivity contribution in [3.8, 4) is 12.3 Å². The third kappa shape index (κ3) is 3.83. The lowest BCUT2D eigenvalue weighted by atomic mass is 10.2. The lowest BCUT2D eigenvalue weighted by Crippen LogP contribution is -2.14. The van der Waals surface area contributed by atoms with Gasteiger partial charge in [-0.05, 0) is 36.4 Å². The van der Waals surface area contributed by atoms with E-state index in [2.05, 4.69) is 15.4 Å². The van der Waals surface area contributed by atoms with E-state index >= 15 is 0 Å². The van der Waals surface area contributed by atoms with Gasteiger partial charge in [0, 0.05) is 5.56 Å². The van der Waals surface area contributed by atoms with Gasteiger partial charge in [-0.1, -0.05) is 23.6 Å². The third-order valence-corrected chi connectivity index (χ3v) is 4.79. The van der Waals surface area contributed by atoms with Crippen molar-refractivity contribution in [2.24, 2.45) is 0 Å². The number of esters is 1. The summed E-state index contributed by atoms with van der Waals surface area (Å²) in [4.78, 5) is 11.3. The van der Waals surface area contributed by atoms with E-state index in [0.29, 0.717) is 11.3 Å². The largest absolute Gasteiger partial charge is 0.465 e. The molecule has 0 aliphatic carbocycles. The first kappa shape index (κ1) is 16.9. The fraction of sp³-hybridized carbons (Fsp3) is 0.0625. The number of carbonyl (C=O) groups is 1. The molecule has 0 saturated heterocycles. The predicted molar refractivity (Wildman–Crippen MR) is 88.0 cm³/mol. The minimum Gasteiger partial charge on any atom is -0.465 e. The van der Waals surface area contributed by atoms with Crippen LogP contribution in [0, 0.1) is 12.3 Å². The summed E-state index contributed by atoms with van der Waals surface area (Å²) in [6.07, 6.45) is 5.29. The molecule has 23 heavy (non-hydrogen) atoms. The summed E-state index contributed by atoms with van der Waals surface area (Å²) >= 11 is 5.95. The summed E-state index contributed by atoms with van der Waals surface area (Å²) in [5.41, 5.74) is 0.897. The molecule has 2 aromatic rings. The Kier molecular flexibility index (Phi) is 4.94. The fourth-order valence-electron chi connectivity index (χ4n) is 1.84. The highest BCUT2D eigenvalue weighted by atomic mass is 35.5. The zero-order chi connectivity index (χ0) is 17.0. The quantitative estimate of drug-likeness (QED) is 0.680. The lowest BCUT2D eigenvalue weighted by molar-refractivity contribution is 0.0600. The lowest BCUT2D eigenvalue weighted by Gasteiger charge is -2.11. The zero-order valence-electron chi connectivity index (χ0n) is 12.0. The standard InChI is InChI=1S/C16H12ClNO4S/c1-3-11-5-4-6-13(9-11)18-23(20,21)15-10-12(16(19)22-2)7-8-14(15)17/h1,4-10,18H,2H3. The Bertz CT molecular complexity index is 901. The smallest absolute Gasteiger partial charge is 0.337 e. The Morgan fingerprint density at radius 2 is 2.00 bits per heavy atom. The van der Waals surface area contributed by atoms with Crippen molar-refractivity contribution in [2.75, 3.05) is 11.8 Å². The Morgan fingerprint density at radius 3 is 2.65 bits per heavy atom. The summed E-state index contributed by atoms with van der Waals surface area (Å²) in [5, 5.41) is -0.0155. The molecule has 2 aromatic carbocycles. The Balaban J connectivity index is 2.43. The van der Waals surface area contributed by atoms with Gasteiger partial charge < -0.3 is 4.74 Å². The van der Waals surface area contributed by atoms with Gasteiger partial charge in [-0.15, -0.1) is 6.42 Å². The van der Waals surface area contributed by atoms with Crippen LogP contribution in [0.4, 0.5) is 5.69 Å². The molecule has 0 bridgehead atoms. The maximum absolute atomic E-state index is 12.5. The topological polar surface area (TPSA) is 72.5 Å². The van der Waals surface area contributed by atoms with Gasteiger partial charge in [-0.25, -0.2) is 13.2 Å². The first-order chi connectivity index (χ1) is 10.9. The van der Waals surface area contributed by atoms with Gasteiger partial charge in [0.25, 0.3) is 10.0 Å². The van der Waals surface area contributed by atoms with Crippen LogP contribution in [-0.2, 0) is 14.8 Å². The summed E-state index contributed by atoms with van der Waals surface area (Å²) in [6, 6.07) is 10.2. The van der Waals surface area contributed by atoms with E-state index in [-0.39, 0.29) is 15.5 Å². The number of methoxy groups -OCH3 is 1. The molecule has 0 fully saturated rings. The summed E-state index contributed by atoms with van der Waals surface area (Å²) in [5.74, 6) is 1.75. The van der Waals surface area contributed by atoms with Crippen LogP contribution in [-0.4, -0.2) is 21.5 Å². The number of carbonyl (C=O) groups excluding carboxylic acids is 1. The van der Waals surface area contributed by atoms with Crippen molar-refractivity contribution in [3.05, 3.63) is 58.6 Å². The minimum atomic E-state index is -3.99. The summed E-state index contributed by atoms with van der Waals surface area (Å²) in [6.45, 7) is 0. The molecule has 0 aliphatic heterocycles. The molecule has 5 nitrogen and oxygen atoms in total. The number of terminal acetylenes is 1. The first-order valence-corrected chi connectivity index (χ1v) is 8.21. The van der Waals surface area contributed by atoms with E-state index in [0.717, 1.165) is 6.07 Å². The second-order valence-electron chi connectivity index (χ2n) is 4.47. The Labute approximate surface area is 139 Å². The van der Waals surface area contributed by atoms with Crippen LogP contribution in [0.15, 0.2) is 47.4 Å². The van der Waals surface area contributed by atoms with Gasteiger partial charge in [0.2, 0.25) is 0 Å². The van der Waals surface area contributed by atoms with Gasteiger partial charge >= 0.3 is 5.97 Å². The highest BCUT2D eigenvalue weighted by Gasteiger charge is 2.20. The maximum atomic E-state index is 12.5. The van der Waals surface area contributed by atoms with E-state index in [4.69, 9.17) is 18.0 Å². The molecular formula is C16H12ClNO4S. The second kappa shape index (κ2) is 6.73. The van der Waals surface area contributed by atoms with Crippen molar-refractivity contribution in [3.63, 3.8) is 0 Å². The van der Waals surface area contributed by atoms with Gasteiger partial charge in [0.05, 0.1) is 23.4 Å². The van der Waals surface area contributed by atoms with Gasteiger partial charge in [-0.2, -0.15) is 0 Å². The van der Waals surface area contributed by atoms with Crippen LogP contribution in [0.5, 0.6) is 0 Å². The molecule has 0 spiro atoms. The van der Waals surface area contributed by atoms with Crippen molar-refractivity contribution >= 4 is 33.3 Å². The Morgan fingerprint density at radius 1 is 1.26 bits per heavy atom. The molecule has 0 aromatic heterocycles. The molecule has 0 saturated carbocycles. The second-order valence-corrected chi connectivity index (χ2v) is 6.53. The maximum Gasteiger partial charge on any atom is 0.337 e. The number of hydrogen-bond donors (Lipinski definition) is 1. The van der Waals surface area contributed by atoms with Crippen LogP contribution in [0.2, 0.25) is 5.02 Å². The molecule has 0 aliphatic rings.